The van der Waals surface area contributed by atoms with Crippen LogP contribution in [0.25, 0.3) is 10.9 Å². The van der Waals surface area contributed by atoms with Crippen molar-refractivity contribution in [1.29, 1.82) is 0 Å². The van der Waals surface area contributed by atoms with Crippen molar-refractivity contribution >= 4 is 10.9 Å². The summed E-state index contributed by atoms with van der Waals surface area (Å²) in [7, 11) is 0. The molecule has 124 valence electrons. The maximum atomic E-state index is 12.2. The van der Waals surface area contributed by atoms with Gasteiger partial charge in [0.25, 0.3) is 5.56 Å². The van der Waals surface area contributed by atoms with Crippen LogP contribution in [0.2, 0.25) is 0 Å². The lowest BCUT2D eigenvalue weighted by Gasteiger charge is -2.08. The molecule has 24 heavy (non-hydrogen) atoms. The highest BCUT2D eigenvalue weighted by Gasteiger charge is 2.11. The largest absolute Gasteiger partial charge is 0.310 e. The molecule has 0 amide bonds. The number of rotatable bonds is 4. The van der Waals surface area contributed by atoms with Crippen LogP contribution in [0.1, 0.15) is 47.5 Å². The molecule has 0 aliphatic rings. The third-order valence-corrected chi connectivity index (χ3v) is 4.18. The lowest BCUT2D eigenvalue weighted by atomic mass is 10.1. The van der Waals surface area contributed by atoms with Crippen LogP contribution >= 0.6 is 0 Å². The minimum absolute atomic E-state index is 0.0486. The first-order valence-corrected chi connectivity index (χ1v) is 8.30. The molecule has 5 nitrogen and oxygen atoms in total. The van der Waals surface area contributed by atoms with E-state index in [0.717, 1.165) is 40.7 Å². The van der Waals surface area contributed by atoms with E-state index in [-0.39, 0.29) is 5.56 Å². The minimum Gasteiger partial charge on any atom is -0.310 e. The number of hydrogen-bond acceptors (Lipinski definition) is 4. The summed E-state index contributed by atoms with van der Waals surface area (Å²) in [5.74, 6) is 1.29. The third kappa shape index (κ3) is 3.20. The van der Waals surface area contributed by atoms with E-state index in [9.17, 15) is 4.79 Å². The van der Waals surface area contributed by atoms with E-state index in [1.54, 1.807) is 0 Å². The van der Waals surface area contributed by atoms with Gasteiger partial charge in [-0.05, 0) is 39.3 Å². The van der Waals surface area contributed by atoms with Crippen LogP contribution in [0.15, 0.2) is 23.0 Å². The molecule has 0 aliphatic carbocycles. The van der Waals surface area contributed by atoms with Crippen molar-refractivity contribution in [2.24, 2.45) is 0 Å². The second-order valence-electron chi connectivity index (χ2n) is 6.25. The van der Waals surface area contributed by atoms with E-state index in [1.807, 2.05) is 26.0 Å². The van der Waals surface area contributed by atoms with Crippen LogP contribution < -0.4 is 5.56 Å². The predicted molar refractivity (Wildman–Crippen MR) is 95.4 cm³/mol. The highest BCUT2D eigenvalue weighted by Crippen LogP contribution is 2.17. The second kappa shape index (κ2) is 6.51. The van der Waals surface area contributed by atoms with Crippen LogP contribution in [-0.4, -0.2) is 19.9 Å². The molecule has 0 saturated carbocycles. The van der Waals surface area contributed by atoms with Crippen LogP contribution in [-0.2, 0) is 12.8 Å². The highest BCUT2D eigenvalue weighted by molar-refractivity contribution is 5.81. The number of nitrogens with zero attached hydrogens (tertiary/aromatic N) is 3. The molecule has 3 rings (SSSR count). The Hall–Kier alpha value is -2.56. The van der Waals surface area contributed by atoms with Gasteiger partial charge in [-0.15, -0.1) is 0 Å². The van der Waals surface area contributed by atoms with E-state index in [2.05, 4.69) is 39.8 Å². The summed E-state index contributed by atoms with van der Waals surface area (Å²) in [4.78, 5) is 28.8. The number of aromatic amines is 1. The highest BCUT2D eigenvalue weighted by atomic mass is 16.1. The zero-order valence-corrected chi connectivity index (χ0v) is 14.6. The zero-order chi connectivity index (χ0) is 17.3. The van der Waals surface area contributed by atoms with Gasteiger partial charge in [0.05, 0.1) is 11.9 Å². The first-order valence-electron chi connectivity index (χ1n) is 8.30. The second-order valence-corrected chi connectivity index (χ2v) is 6.25. The van der Waals surface area contributed by atoms with Crippen molar-refractivity contribution in [2.75, 3.05) is 0 Å². The minimum atomic E-state index is -0.0486. The van der Waals surface area contributed by atoms with Gasteiger partial charge in [-0.25, -0.2) is 15.0 Å². The standard InChI is InChI=1S/C19H22N4O/c1-5-6-14-12(3)20-18(23-19(14)24)10-17-21-13(4)15-9-11(2)7-8-16(15)22-17/h7-9H,5-6,10H2,1-4H3,(H,20,23,24). The number of fused-ring (bicyclic) bond motifs is 1. The lowest BCUT2D eigenvalue weighted by molar-refractivity contribution is 0.816. The Morgan fingerprint density at radius 2 is 1.83 bits per heavy atom. The van der Waals surface area contributed by atoms with E-state index >= 15 is 0 Å². The first-order chi connectivity index (χ1) is 11.5. The van der Waals surface area contributed by atoms with Crippen molar-refractivity contribution in [3.8, 4) is 0 Å². The van der Waals surface area contributed by atoms with Crippen LogP contribution in [0.3, 0.4) is 0 Å². The number of aromatic nitrogens is 4. The van der Waals surface area contributed by atoms with Gasteiger partial charge < -0.3 is 4.98 Å². The molecule has 0 radical (unpaired) electrons. The Bertz CT molecular complexity index is 959. The molecule has 0 atom stereocenters. The smallest absolute Gasteiger partial charge is 0.254 e. The lowest BCUT2D eigenvalue weighted by Crippen LogP contribution is -2.19. The molecular formula is C19H22N4O. The molecule has 5 heteroatoms. The van der Waals surface area contributed by atoms with Crippen molar-refractivity contribution in [1.82, 2.24) is 19.9 Å². The Labute approximate surface area is 141 Å². The number of hydrogen-bond donors (Lipinski definition) is 1. The molecule has 0 aliphatic heterocycles. The topological polar surface area (TPSA) is 71.5 Å². The van der Waals surface area contributed by atoms with Crippen LogP contribution in [0.4, 0.5) is 0 Å². The van der Waals surface area contributed by atoms with E-state index < -0.39 is 0 Å². The summed E-state index contributed by atoms with van der Waals surface area (Å²) < 4.78 is 0. The first kappa shape index (κ1) is 16.3. The third-order valence-electron chi connectivity index (χ3n) is 4.18. The molecule has 2 aromatic heterocycles. The molecule has 0 unspecified atom stereocenters. The fourth-order valence-electron chi connectivity index (χ4n) is 2.98. The summed E-state index contributed by atoms with van der Waals surface area (Å²) >= 11 is 0. The molecule has 1 aromatic carbocycles. The van der Waals surface area contributed by atoms with Gasteiger partial charge in [-0.2, -0.15) is 0 Å². The Kier molecular flexibility index (Phi) is 4.42. The van der Waals surface area contributed by atoms with Gasteiger partial charge in [-0.3, -0.25) is 4.79 Å². The summed E-state index contributed by atoms with van der Waals surface area (Å²) in [6.07, 6.45) is 2.10. The Morgan fingerprint density at radius 1 is 1.04 bits per heavy atom. The average Bonchev–Trinajstić information content (AvgIpc) is 2.52. The fraction of sp³-hybridized carbons (Fsp3) is 0.368. The average molecular weight is 322 g/mol. The number of aryl methyl sites for hydroxylation is 3. The molecule has 0 bridgehead atoms. The molecule has 1 N–H and O–H groups in total. The molecular weight excluding hydrogens is 300 g/mol. The van der Waals surface area contributed by atoms with E-state index in [1.165, 1.54) is 5.56 Å². The monoisotopic (exact) mass is 322 g/mol. The van der Waals surface area contributed by atoms with Crippen LogP contribution in [0.5, 0.6) is 0 Å². The fourth-order valence-corrected chi connectivity index (χ4v) is 2.98. The van der Waals surface area contributed by atoms with Crippen molar-refractivity contribution in [2.45, 2.75) is 47.0 Å². The molecule has 0 spiro atoms. The van der Waals surface area contributed by atoms with Gasteiger partial charge >= 0.3 is 0 Å². The maximum absolute atomic E-state index is 12.2. The van der Waals surface area contributed by atoms with Gasteiger partial charge in [0.2, 0.25) is 0 Å². The zero-order valence-electron chi connectivity index (χ0n) is 14.6. The maximum Gasteiger partial charge on any atom is 0.254 e. The summed E-state index contributed by atoms with van der Waals surface area (Å²) in [6, 6.07) is 6.15. The van der Waals surface area contributed by atoms with Gasteiger partial charge in [0.15, 0.2) is 0 Å². The Balaban J connectivity index is 1.98. The van der Waals surface area contributed by atoms with E-state index in [0.29, 0.717) is 18.1 Å². The summed E-state index contributed by atoms with van der Waals surface area (Å²) in [6.45, 7) is 7.99. The number of H-pyrrole nitrogens is 1. The summed E-state index contributed by atoms with van der Waals surface area (Å²) in [5, 5.41) is 1.06. The normalized spacial score (nSPS) is 11.2. The molecule has 0 fully saturated rings. The number of nitrogens with one attached hydrogen (secondary N) is 1. The molecule has 2 heterocycles. The van der Waals surface area contributed by atoms with Crippen molar-refractivity contribution in [3.05, 3.63) is 62.7 Å². The van der Waals surface area contributed by atoms with E-state index in [4.69, 9.17) is 0 Å². The quantitative estimate of drug-likeness (QED) is 0.801. The van der Waals surface area contributed by atoms with Gasteiger partial charge in [0, 0.05) is 22.3 Å². The van der Waals surface area contributed by atoms with Crippen molar-refractivity contribution in [3.63, 3.8) is 0 Å². The van der Waals surface area contributed by atoms with Gasteiger partial charge in [-0.1, -0.05) is 25.0 Å². The van der Waals surface area contributed by atoms with Crippen molar-refractivity contribution < 1.29 is 0 Å². The van der Waals surface area contributed by atoms with Crippen LogP contribution in [0, 0.1) is 20.8 Å². The summed E-state index contributed by atoms with van der Waals surface area (Å²) in [5.41, 5.74) is 4.57. The SMILES string of the molecule is CCCc1c(C)nc(Cc2nc(C)c3cc(C)ccc3n2)[nH]c1=O. The predicted octanol–water partition coefficient (Wildman–Crippen LogP) is 3.18. The molecule has 0 saturated heterocycles. The number of benzene rings is 1. The Morgan fingerprint density at radius 3 is 2.54 bits per heavy atom. The van der Waals surface area contributed by atoms with Gasteiger partial charge in [0.1, 0.15) is 11.6 Å². The molecule has 3 aromatic rings.